The fourth-order valence-corrected chi connectivity index (χ4v) is 1.95. The van der Waals surface area contributed by atoms with Crippen molar-refractivity contribution in [2.24, 2.45) is 0 Å². The first-order valence-corrected chi connectivity index (χ1v) is 5.88. The summed E-state index contributed by atoms with van der Waals surface area (Å²) in [5, 5.41) is 0. The van der Waals surface area contributed by atoms with E-state index < -0.39 is 11.7 Å². The molecule has 0 atom stereocenters. The second-order valence-electron chi connectivity index (χ2n) is 4.28. The summed E-state index contributed by atoms with van der Waals surface area (Å²) in [6.07, 6.45) is -2.58. The highest BCUT2D eigenvalue weighted by molar-refractivity contribution is 5.81. The third kappa shape index (κ3) is 3.25. The fourth-order valence-electron chi connectivity index (χ4n) is 1.95. The van der Waals surface area contributed by atoms with E-state index in [2.05, 4.69) is 0 Å². The molecule has 0 aliphatic carbocycles. The topological polar surface area (TPSA) is 0 Å². The highest BCUT2D eigenvalue weighted by Crippen LogP contribution is 2.35. The molecule has 0 aliphatic heterocycles. The fraction of sp³-hybridized carbons (Fsp3) is 0.125. The zero-order valence-corrected chi connectivity index (χ0v) is 10.4. The van der Waals surface area contributed by atoms with Crippen molar-refractivity contribution in [1.82, 2.24) is 0 Å². The molecule has 2 aromatic rings. The second kappa shape index (κ2) is 5.31. The molecule has 0 unspecified atom stereocenters. The number of alkyl halides is 3. The van der Waals surface area contributed by atoms with Crippen LogP contribution in [-0.4, -0.2) is 0 Å². The lowest BCUT2D eigenvalue weighted by Gasteiger charge is -2.13. The van der Waals surface area contributed by atoms with Crippen molar-refractivity contribution in [3.05, 3.63) is 71.3 Å². The van der Waals surface area contributed by atoms with Gasteiger partial charge in [0.1, 0.15) is 0 Å². The summed E-state index contributed by atoms with van der Waals surface area (Å²) in [5.74, 6) is 0. The van der Waals surface area contributed by atoms with Gasteiger partial charge in [-0.25, -0.2) is 0 Å². The van der Waals surface area contributed by atoms with E-state index in [4.69, 9.17) is 0 Å². The van der Waals surface area contributed by atoms with Gasteiger partial charge in [-0.2, -0.15) is 13.2 Å². The first kappa shape index (κ1) is 13.4. The van der Waals surface area contributed by atoms with E-state index in [1.165, 1.54) is 12.1 Å². The summed E-state index contributed by atoms with van der Waals surface area (Å²) in [6, 6.07) is 14.9. The van der Waals surface area contributed by atoms with E-state index in [0.29, 0.717) is 5.57 Å². The van der Waals surface area contributed by atoms with Gasteiger partial charge < -0.3 is 0 Å². The largest absolute Gasteiger partial charge is 0.416 e. The standard InChI is InChI=1S/C16H13F3/c1-12(11-13-7-3-2-4-8-13)14-9-5-6-10-15(14)16(17,18)19/h2-11H,1H3/b12-11-. The first-order valence-electron chi connectivity index (χ1n) is 5.88. The minimum atomic E-state index is -4.33. The highest BCUT2D eigenvalue weighted by atomic mass is 19.4. The Hall–Kier alpha value is -2.03. The van der Waals surface area contributed by atoms with Gasteiger partial charge in [0.05, 0.1) is 5.56 Å². The van der Waals surface area contributed by atoms with Crippen LogP contribution in [0, 0.1) is 0 Å². The quantitative estimate of drug-likeness (QED) is 0.647. The Morgan fingerprint density at radius 3 is 2.11 bits per heavy atom. The van der Waals surface area contributed by atoms with Gasteiger partial charge >= 0.3 is 6.18 Å². The molecular formula is C16H13F3. The van der Waals surface area contributed by atoms with Crippen LogP contribution in [0.3, 0.4) is 0 Å². The van der Waals surface area contributed by atoms with Gasteiger partial charge in [-0.1, -0.05) is 54.6 Å². The third-order valence-electron chi connectivity index (χ3n) is 2.84. The molecule has 0 radical (unpaired) electrons. The minimum Gasteiger partial charge on any atom is -0.166 e. The molecule has 0 spiro atoms. The van der Waals surface area contributed by atoms with Crippen molar-refractivity contribution in [2.45, 2.75) is 13.1 Å². The molecule has 0 fully saturated rings. The van der Waals surface area contributed by atoms with Crippen molar-refractivity contribution >= 4 is 11.6 Å². The highest BCUT2D eigenvalue weighted by Gasteiger charge is 2.33. The Morgan fingerprint density at radius 1 is 0.895 bits per heavy atom. The lowest BCUT2D eigenvalue weighted by atomic mass is 9.98. The molecule has 0 aromatic heterocycles. The van der Waals surface area contributed by atoms with E-state index in [0.717, 1.165) is 11.6 Å². The zero-order chi connectivity index (χ0) is 13.9. The molecule has 0 N–H and O–H groups in total. The average molecular weight is 262 g/mol. The van der Waals surface area contributed by atoms with E-state index in [1.54, 1.807) is 19.1 Å². The Labute approximate surface area is 110 Å². The summed E-state index contributed by atoms with van der Waals surface area (Å²) >= 11 is 0. The smallest absolute Gasteiger partial charge is 0.166 e. The average Bonchev–Trinajstić information content (AvgIpc) is 2.39. The predicted molar refractivity (Wildman–Crippen MR) is 71.4 cm³/mol. The van der Waals surface area contributed by atoms with Crippen molar-refractivity contribution in [2.75, 3.05) is 0 Å². The van der Waals surface area contributed by atoms with Crippen molar-refractivity contribution in [3.8, 4) is 0 Å². The molecule has 2 aromatic carbocycles. The molecule has 3 heteroatoms. The summed E-state index contributed by atoms with van der Waals surface area (Å²) in [5.41, 5.74) is 1.11. The summed E-state index contributed by atoms with van der Waals surface area (Å²) in [7, 11) is 0. The van der Waals surface area contributed by atoms with Gasteiger partial charge in [0.15, 0.2) is 0 Å². The molecule has 0 heterocycles. The molecule has 0 amide bonds. The van der Waals surface area contributed by atoms with Crippen LogP contribution in [0.2, 0.25) is 0 Å². The molecule has 0 saturated heterocycles. The van der Waals surface area contributed by atoms with Crippen LogP contribution >= 0.6 is 0 Å². The lowest BCUT2D eigenvalue weighted by Crippen LogP contribution is -2.08. The molecule has 2 rings (SSSR count). The summed E-state index contributed by atoms with van der Waals surface area (Å²) < 4.78 is 38.8. The van der Waals surface area contributed by atoms with Crippen LogP contribution < -0.4 is 0 Å². The van der Waals surface area contributed by atoms with Crippen molar-refractivity contribution < 1.29 is 13.2 Å². The van der Waals surface area contributed by atoms with Gasteiger partial charge in [-0.3, -0.25) is 0 Å². The summed E-state index contributed by atoms with van der Waals surface area (Å²) in [6.45, 7) is 1.69. The predicted octanol–water partition coefficient (Wildman–Crippen LogP) is 5.27. The summed E-state index contributed by atoms with van der Waals surface area (Å²) in [4.78, 5) is 0. The van der Waals surface area contributed by atoms with Crippen molar-refractivity contribution in [3.63, 3.8) is 0 Å². The maximum atomic E-state index is 12.9. The Morgan fingerprint density at radius 2 is 1.47 bits per heavy atom. The third-order valence-corrected chi connectivity index (χ3v) is 2.84. The van der Waals surface area contributed by atoms with E-state index >= 15 is 0 Å². The number of halogens is 3. The van der Waals surface area contributed by atoms with Crippen LogP contribution in [0.1, 0.15) is 23.6 Å². The van der Waals surface area contributed by atoms with Crippen LogP contribution in [0.4, 0.5) is 13.2 Å². The van der Waals surface area contributed by atoms with Crippen LogP contribution in [-0.2, 0) is 6.18 Å². The molecule has 0 aliphatic rings. The number of hydrogen-bond donors (Lipinski definition) is 0. The van der Waals surface area contributed by atoms with E-state index in [9.17, 15) is 13.2 Å². The Bertz CT molecular complexity index is 580. The van der Waals surface area contributed by atoms with Crippen LogP contribution in [0.25, 0.3) is 11.6 Å². The van der Waals surface area contributed by atoms with Gasteiger partial charge in [-0.05, 0) is 29.7 Å². The SMILES string of the molecule is C/C(=C/c1ccccc1)c1ccccc1C(F)(F)F. The molecule has 19 heavy (non-hydrogen) atoms. The molecular weight excluding hydrogens is 249 g/mol. The maximum Gasteiger partial charge on any atom is 0.416 e. The number of allylic oxidation sites excluding steroid dienone is 1. The normalized spacial score (nSPS) is 12.5. The van der Waals surface area contributed by atoms with Gasteiger partial charge in [-0.15, -0.1) is 0 Å². The Kier molecular flexibility index (Phi) is 3.74. The molecule has 0 nitrogen and oxygen atoms in total. The second-order valence-corrected chi connectivity index (χ2v) is 4.28. The number of rotatable bonds is 2. The van der Waals surface area contributed by atoms with Crippen molar-refractivity contribution in [1.29, 1.82) is 0 Å². The van der Waals surface area contributed by atoms with E-state index in [-0.39, 0.29) is 5.56 Å². The molecule has 0 bridgehead atoms. The zero-order valence-electron chi connectivity index (χ0n) is 10.4. The first-order chi connectivity index (χ1) is 8.98. The lowest BCUT2D eigenvalue weighted by molar-refractivity contribution is -0.137. The van der Waals surface area contributed by atoms with Gasteiger partial charge in [0, 0.05) is 0 Å². The molecule has 0 saturated carbocycles. The number of benzene rings is 2. The van der Waals surface area contributed by atoms with Gasteiger partial charge in [0.2, 0.25) is 0 Å². The van der Waals surface area contributed by atoms with Gasteiger partial charge in [0.25, 0.3) is 0 Å². The van der Waals surface area contributed by atoms with Crippen LogP contribution in [0.15, 0.2) is 54.6 Å². The van der Waals surface area contributed by atoms with Crippen LogP contribution in [0.5, 0.6) is 0 Å². The maximum absolute atomic E-state index is 12.9. The Balaban J connectivity index is 2.45. The number of hydrogen-bond acceptors (Lipinski definition) is 0. The molecule has 98 valence electrons. The minimum absolute atomic E-state index is 0.221. The monoisotopic (exact) mass is 262 g/mol. The van der Waals surface area contributed by atoms with E-state index in [1.807, 2.05) is 30.3 Å².